The lowest BCUT2D eigenvalue weighted by Gasteiger charge is -2.43. The third-order valence-corrected chi connectivity index (χ3v) is 10.6. The minimum Gasteiger partial charge on any atom is -0.0651 e. The van der Waals surface area contributed by atoms with Crippen LogP contribution in [0.1, 0.15) is 56.3 Å². The Balaban J connectivity index is 1.70. The molecule has 0 N–H and O–H groups in total. The zero-order chi connectivity index (χ0) is 19.8. The van der Waals surface area contributed by atoms with Gasteiger partial charge in [-0.3, -0.25) is 0 Å². The molecule has 0 heterocycles. The molecule has 0 spiro atoms. The van der Waals surface area contributed by atoms with E-state index in [1.54, 1.807) is 16.4 Å². The van der Waals surface area contributed by atoms with Crippen molar-refractivity contribution in [2.24, 2.45) is 11.8 Å². The zero-order valence-electron chi connectivity index (χ0n) is 17.6. The summed E-state index contributed by atoms with van der Waals surface area (Å²) >= 11 is 0. The molecule has 1 fully saturated rings. The zero-order valence-corrected chi connectivity index (χ0v) is 18.5. The van der Waals surface area contributed by atoms with Crippen LogP contribution in [0.25, 0.3) is 11.1 Å². The van der Waals surface area contributed by atoms with E-state index in [9.17, 15) is 0 Å². The van der Waals surface area contributed by atoms with Crippen LogP contribution < -0.4 is 5.30 Å². The van der Waals surface area contributed by atoms with E-state index in [1.165, 1.54) is 36.8 Å². The van der Waals surface area contributed by atoms with Gasteiger partial charge in [-0.25, -0.2) is 0 Å². The van der Waals surface area contributed by atoms with E-state index in [0.29, 0.717) is 5.66 Å². The van der Waals surface area contributed by atoms with Crippen LogP contribution in [0.4, 0.5) is 0 Å². The van der Waals surface area contributed by atoms with Crippen LogP contribution in [-0.2, 0) is 0 Å². The second-order valence-corrected chi connectivity index (χ2v) is 11.5. The minimum absolute atomic E-state index is 0.320. The number of hydrogen-bond acceptors (Lipinski definition) is 0. The number of fused-ring (bicyclic) bond motifs is 3. The van der Waals surface area contributed by atoms with Crippen LogP contribution in [0.3, 0.4) is 0 Å². The Labute approximate surface area is 177 Å². The normalized spacial score (nSPS) is 24.7. The third-order valence-electron chi connectivity index (χ3n) is 7.23. The number of rotatable bonds is 4. The van der Waals surface area contributed by atoms with Gasteiger partial charge in [0.25, 0.3) is 0 Å². The summed E-state index contributed by atoms with van der Waals surface area (Å²) in [5.74, 6) is 1.71. The van der Waals surface area contributed by atoms with Crippen molar-refractivity contribution in [2.45, 2.75) is 50.8 Å². The van der Waals surface area contributed by atoms with Crippen molar-refractivity contribution in [2.75, 3.05) is 0 Å². The highest BCUT2D eigenvalue weighted by molar-refractivity contribution is 7.67. The topological polar surface area (TPSA) is 0 Å². The smallest absolute Gasteiger partial charge is 0.0347 e. The summed E-state index contributed by atoms with van der Waals surface area (Å²) in [6, 6.07) is 29.9. The van der Waals surface area contributed by atoms with E-state index < -0.39 is 0 Å². The summed E-state index contributed by atoms with van der Waals surface area (Å²) in [6.07, 6.45) is 5.52. The van der Waals surface area contributed by atoms with Crippen molar-refractivity contribution < 1.29 is 0 Å². The number of hydrogen-bond donors (Lipinski definition) is 0. The first-order chi connectivity index (χ1) is 14.3. The molecule has 0 saturated heterocycles. The molecule has 2 aliphatic rings. The van der Waals surface area contributed by atoms with Crippen molar-refractivity contribution in [3.8, 4) is 11.1 Å². The van der Waals surface area contributed by atoms with E-state index in [1.807, 2.05) is 0 Å². The molecule has 1 saturated carbocycles. The Kier molecular flexibility index (Phi) is 5.31. The Morgan fingerprint density at radius 1 is 0.759 bits per heavy atom. The highest BCUT2D eigenvalue weighted by Crippen LogP contribution is 2.66. The van der Waals surface area contributed by atoms with E-state index in [4.69, 9.17) is 0 Å². The van der Waals surface area contributed by atoms with Crippen LogP contribution in [0.15, 0.2) is 78.9 Å². The molecule has 1 heteroatoms. The standard InChI is InChI=1S/C28H31P/c1-3-21-18-17-20(2)19-27(21)29(22-11-5-4-6-12-22)28-25-15-9-7-13-23(25)24-14-8-10-16-26(24)28/h4-16,20-21,27-28H,3,17-19H2,1-2H3/t20-,21-,27-,29+/m1/s1. The molecule has 0 bridgehead atoms. The van der Waals surface area contributed by atoms with Crippen LogP contribution in [-0.4, -0.2) is 5.66 Å². The summed E-state index contributed by atoms with van der Waals surface area (Å²) < 4.78 is 0. The number of benzene rings is 3. The molecule has 0 aliphatic heterocycles. The molecule has 3 aromatic carbocycles. The van der Waals surface area contributed by atoms with Crippen LogP contribution >= 0.6 is 7.92 Å². The molecular formula is C28H31P. The lowest BCUT2D eigenvalue weighted by Crippen LogP contribution is -2.31. The van der Waals surface area contributed by atoms with Gasteiger partial charge < -0.3 is 0 Å². The molecule has 3 aromatic rings. The molecule has 148 valence electrons. The second-order valence-electron chi connectivity index (χ2n) is 8.97. The first-order valence-corrected chi connectivity index (χ1v) is 12.8. The van der Waals surface area contributed by atoms with Gasteiger partial charge in [0.15, 0.2) is 0 Å². The monoisotopic (exact) mass is 398 g/mol. The van der Waals surface area contributed by atoms with Crippen molar-refractivity contribution in [3.63, 3.8) is 0 Å². The van der Waals surface area contributed by atoms with Gasteiger partial charge in [-0.15, -0.1) is 0 Å². The maximum Gasteiger partial charge on any atom is 0.0347 e. The van der Waals surface area contributed by atoms with Gasteiger partial charge in [0.05, 0.1) is 0 Å². The summed E-state index contributed by atoms with van der Waals surface area (Å²) in [5, 5.41) is 1.59. The Bertz CT molecular complexity index is 931. The van der Waals surface area contributed by atoms with Crippen molar-refractivity contribution in [1.29, 1.82) is 0 Å². The Morgan fingerprint density at radius 2 is 1.34 bits per heavy atom. The van der Waals surface area contributed by atoms with E-state index >= 15 is 0 Å². The molecule has 4 atom stereocenters. The lowest BCUT2D eigenvalue weighted by molar-refractivity contribution is 0.291. The van der Waals surface area contributed by atoms with E-state index in [-0.39, 0.29) is 7.92 Å². The summed E-state index contributed by atoms with van der Waals surface area (Å²) in [6.45, 7) is 4.90. The molecule has 0 radical (unpaired) electrons. The van der Waals surface area contributed by atoms with Gasteiger partial charge >= 0.3 is 0 Å². The van der Waals surface area contributed by atoms with Crippen molar-refractivity contribution in [1.82, 2.24) is 0 Å². The van der Waals surface area contributed by atoms with Gasteiger partial charge in [0.1, 0.15) is 0 Å². The van der Waals surface area contributed by atoms with Gasteiger partial charge in [-0.05, 0) is 57.9 Å². The third kappa shape index (κ3) is 3.36. The highest BCUT2D eigenvalue weighted by atomic mass is 31.1. The summed E-state index contributed by atoms with van der Waals surface area (Å²) in [5.41, 5.74) is 7.41. The molecule has 0 aromatic heterocycles. The van der Waals surface area contributed by atoms with Gasteiger partial charge in [0.2, 0.25) is 0 Å². The molecule has 2 aliphatic carbocycles. The van der Waals surface area contributed by atoms with E-state index in [2.05, 4.69) is 92.7 Å². The minimum atomic E-state index is -0.320. The average molecular weight is 399 g/mol. The first-order valence-electron chi connectivity index (χ1n) is 11.3. The molecule has 5 rings (SSSR count). The van der Waals surface area contributed by atoms with Gasteiger partial charge in [0, 0.05) is 5.66 Å². The fourth-order valence-corrected chi connectivity index (χ4v) is 9.82. The maximum absolute atomic E-state index is 2.48. The molecule has 29 heavy (non-hydrogen) atoms. The quantitative estimate of drug-likeness (QED) is 0.394. The Morgan fingerprint density at radius 3 is 1.97 bits per heavy atom. The molecular weight excluding hydrogens is 367 g/mol. The predicted octanol–water partition coefficient (Wildman–Crippen LogP) is 7.78. The summed E-state index contributed by atoms with van der Waals surface area (Å²) in [7, 11) is -0.320. The summed E-state index contributed by atoms with van der Waals surface area (Å²) in [4.78, 5) is 0. The molecule has 0 amide bonds. The molecule has 0 unspecified atom stereocenters. The second kappa shape index (κ2) is 8.08. The largest absolute Gasteiger partial charge is 0.0651 e. The lowest BCUT2D eigenvalue weighted by atomic mass is 9.81. The van der Waals surface area contributed by atoms with Gasteiger partial charge in [-0.1, -0.05) is 113 Å². The van der Waals surface area contributed by atoms with E-state index in [0.717, 1.165) is 17.5 Å². The fourth-order valence-electron chi connectivity index (χ4n) is 5.79. The van der Waals surface area contributed by atoms with Crippen LogP contribution in [0.2, 0.25) is 0 Å². The van der Waals surface area contributed by atoms with Crippen molar-refractivity contribution >= 4 is 13.2 Å². The molecule has 0 nitrogen and oxygen atoms in total. The van der Waals surface area contributed by atoms with Crippen LogP contribution in [0.5, 0.6) is 0 Å². The average Bonchev–Trinajstić information content (AvgIpc) is 3.10. The van der Waals surface area contributed by atoms with Crippen molar-refractivity contribution in [3.05, 3.63) is 90.0 Å². The highest BCUT2D eigenvalue weighted by Gasteiger charge is 2.42. The SMILES string of the molecule is CC[C@@H]1CC[C@@H](C)C[C@H]1[P@](c1ccccc1)C1c2ccccc2-c2ccccc21. The first kappa shape index (κ1) is 19.1. The van der Waals surface area contributed by atoms with Gasteiger partial charge in [-0.2, -0.15) is 0 Å². The maximum atomic E-state index is 2.48. The predicted molar refractivity (Wildman–Crippen MR) is 127 cm³/mol. The Hall–Kier alpha value is -1.91. The fraction of sp³-hybridized carbons (Fsp3) is 0.357. The van der Waals surface area contributed by atoms with Crippen LogP contribution in [0, 0.1) is 11.8 Å².